The maximum atomic E-state index is 14.0. The van der Waals surface area contributed by atoms with Crippen LogP contribution in [0.4, 0.5) is 13.2 Å². The molecule has 1 aliphatic carbocycles. The van der Waals surface area contributed by atoms with Gasteiger partial charge in [-0.1, -0.05) is 22.0 Å². The molecule has 2 aromatic carbocycles. The van der Waals surface area contributed by atoms with Crippen molar-refractivity contribution in [3.63, 3.8) is 0 Å². The van der Waals surface area contributed by atoms with Crippen molar-refractivity contribution in [3.05, 3.63) is 57.3 Å². The number of thiol groups is 1. The Hall–Kier alpha value is -1.58. The second kappa shape index (κ2) is 6.62. The van der Waals surface area contributed by atoms with Crippen molar-refractivity contribution in [1.29, 1.82) is 0 Å². The minimum absolute atomic E-state index is 0.0206. The molecule has 1 N–H and O–H groups in total. The van der Waals surface area contributed by atoms with Crippen LogP contribution >= 0.6 is 15.9 Å². The van der Waals surface area contributed by atoms with Gasteiger partial charge in [0.2, 0.25) is 0 Å². The van der Waals surface area contributed by atoms with E-state index < -0.39 is 40.7 Å². The van der Waals surface area contributed by atoms with E-state index in [2.05, 4.69) is 15.9 Å². The number of fused-ring (bicyclic) bond motifs is 1. The number of hydrogen-bond donors (Lipinski definition) is 2. The summed E-state index contributed by atoms with van der Waals surface area (Å²) in [5, 5.41) is 9.91. The van der Waals surface area contributed by atoms with E-state index in [4.69, 9.17) is 4.74 Å². The van der Waals surface area contributed by atoms with Crippen LogP contribution in [0.15, 0.2) is 34.8 Å². The smallest absolute Gasteiger partial charge is 0.281 e. The Morgan fingerprint density at radius 3 is 2.64 bits per heavy atom. The number of alkyl halides is 2. The van der Waals surface area contributed by atoms with Gasteiger partial charge < -0.3 is 9.84 Å². The Morgan fingerprint density at radius 2 is 2.00 bits per heavy atom. The number of aliphatic hydroxyl groups is 1. The summed E-state index contributed by atoms with van der Waals surface area (Å²) in [5.41, 5.74) is -0.0204. The first-order valence-corrected chi connectivity index (χ1v) is 9.29. The van der Waals surface area contributed by atoms with Gasteiger partial charge in [0.25, 0.3) is 5.92 Å². The standard InChI is InChI=1S/C16H12BrF3O4S/c17-9-3-10(18)5-11(4-9)24-13-2-1-8(7-25(22)23)14-12(13)6-16(19,20)15(14)21/h1-5,15,21,25H,6-7H2/t15-/m0/s1. The lowest BCUT2D eigenvalue weighted by Crippen LogP contribution is -2.22. The van der Waals surface area contributed by atoms with Crippen molar-refractivity contribution < 1.29 is 31.4 Å². The van der Waals surface area contributed by atoms with Crippen LogP contribution in [0.1, 0.15) is 22.8 Å². The Kier molecular flexibility index (Phi) is 4.82. The highest BCUT2D eigenvalue weighted by molar-refractivity contribution is 9.10. The first kappa shape index (κ1) is 18.2. The molecule has 0 heterocycles. The zero-order valence-corrected chi connectivity index (χ0v) is 15.0. The molecule has 2 aromatic rings. The van der Waals surface area contributed by atoms with E-state index in [1.165, 1.54) is 24.3 Å². The van der Waals surface area contributed by atoms with E-state index in [-0.39, 0.29) is 28.2 Å². The number of hydrogen-bond acceptors (Lipinski definition) is 4. The summed E-state index contributed by atoms with van der Waals surface area (Å²) < 4.78 is 69.3. The fourth-order valence-corrected chi connectivity index (χ4v) is 3.84. The largest absolute Gasteiger partial charge is 0.457 e. The van der Waals surface area contributed by atoms with Crippen molar-refractivity contribution in [3.8, 4) is 11.5 Å². The maximum Gasteiger partial charge on any atom is 0.281 e. The molecule has 25 heavy (non-hydrogen) atoms. The number of aliphatic hydroxyl groups excluding tert-OH is 1. The Bertz CT molecular complexity index is 886. The Labute approximate surface area is 151 Å². The van der Waals surface area contributed by atoms with Crippen molar-refractivity contribution in [2.45, 2.75) is 24.2 Å². The van der Waals surface area contributed by atoms with Gasteiger partial charge in [0, 0.05) is 22.5 Å². The molecule has 0 spiro atoms. The minimum Gasteiger partial charge on any atom is -0.457 e. The summed E-state index contributed by atoms with van der Waals surface area (Å²) >= 11 is 3.11. The lowest BCUT2D eigenvalue weighted by atomic mass is 10.0. The van der Waals surface area contributed by atoms with E-state index in [1.807, 2.05) is 0 Å². The van der Waals surface area contributed by atoms with E-state index in [9.17, 15) is 26.7 Å². The summed E-state index contributed by atoms with van der Waals surface area (Å²) in [6.07, 6.45) is -2.91. The van der Waals surface area contributed by atoms with Crippen LogP contribution in [0, 0.1) is 5.82 Å². The van der Waals surface area contributed by atoms with Gasteiger partial charge in [0.15, 0.2) is 0 Å². The summed E-state index contributed by atoms with van der Waals surface area (Å²) in [4.78, 5) is 0. The van der Waals surface area contributed by atoms with Crippen LogP contribution < -0.4 is 4.74 Å². The molecule has 0 fully saturated rings. The van der Waals surface area contributed by atoms with Gasteiger partial charge >= 0.3 is 0 Å². The Morgan fingerprint density at radius 1 is 1.28 bits per heavy atom. The SMILES string of the molecule is O=[SH](=O)Cc1ccc(Oc2cc(F)cc(Br)c2)c2c1[C@H](O)C(F)(F)C2. The normalized spacial score (nSPS) is 18.4. The molecule has 0 radical (unpaired) electrons. The lowest BCUT2D eigenvalue weighted by molar-refractivity contribution is -0.0970. The monoisotopic (exact) mass is 436 g/mol. The molecule has 1 atom stereocenters. The van der Waals surface area contributed by atoms with Gasteiger partial charge in [-0.05, 0) is 29.3 Å². The topological polar surface area (TPSA) is 63.6 Å². The lowest BCUT2D eigenvalue weighted by Gasteiger charge is -2.15. The van der Waals surface area contributed by atoms with Crippen LogP contribution in [-0.4, -0.2) is 19.4 Å². The third-order valence-electron chi connectivity index (χ3n) is 3.85. The predicted octanol–water partition coefficient (Wildman–Crippen LogP) is 3.72. The average Bonchev–Trinajstić information content (AvgIpc) is 2.71. The fourth-order valence-electron chi connectivity index (χ4n) is 2.85. The molecule has 9 heteroatoms. The average molecular weight is 437 g/mol. The quantitative estimate of drug-likeness (QED) is 0.717. The molecular formula is C16H12BrF3O4S. The van der Waals surface area contributed by atoms with Crippen LogP contribution in [0.3, 0.4) is 0 Å². The highest BCUT2D eigenvalue weighted by Gasteiger charge is 2.49. The molecule has 134 valence electrons. The van der Waals surface area contributed by atoms with E-state index in [1.54, 1.807) is 0 Å². The zero-order valence-electron chi connectivity index (χ0n) is 12.5. The second-order valence-electron chi connectivity index (χ2n) is 5.65. The first-order chi connectivity index (χ1) is 11.7. The molecule has 3 rings (SSSR count). The van der Waals surface area contributed by atoms with Crippen molar-refractivity contribution in [2.24, 2.45) is 0 Å². The van der Waals surface area contributed by atoms with Crippen molar-refractivity contribution in [2.75, 3.05) is 0 Å². The number of rotatable bonds is 4. The summed E-state index contributed by atoms with van der Waals surface area (Å²) in [6.45, 7) is 0. The third kappa shape index (κ3) is 3.68. The molecular weight excluding hydrogens is 425 g/mol. The molecule has 1 aliphatic rings. The van der Waals surface area contributed by atoms with Gasteiger partial charge in [-0.25, -0.2) is 21.6 Å². The molecule has 0 saturated heterocycles. The highest BCUT2D eigenvalue weighted by Crippen LogP contribution is 2.48. The van der Waals surface area contributed by atoms with E-state index in [0.29, 0.717) is 4.47 Å². The zero-order chi connectivity index (χ0) is 18.4. The van der Waals surface area contributed by atoms with Gasteiger partial charge in [-0.3, -0.25) is 0 Å². The summed E-state index contributed by atoms with van der Waals surface area (Å²) in [7, 11) is -2.85. The molecule has 0 amide bonds. The van der Waals surface area contributed by atoms with E-state index >= 15 is 0 Å². The molecule has 0 saturated carbocycles. The predicted molar refractivity (Wildman–Crippen MR) is 88.2 cm³/mol. The number of benzene rings is 2. The van der Waals surface area contributed by atoms with Gasteiger partial charge in [0.05, 0.1) is 5.75 Å². The van der Waals surface area contributed by atoms with Crippen molar-refractivity contribution in [1.82, 2.24) is 0 Å². The van der Waals surface area contributed by atoms with E-state index in [0.717, 1.165) is 6.07 Å². The van der Waals surface area contributed by atoms with Crippen LogP contribution in [0.5, 0.6) is 11.5 Å². The molecule has 0 aliphatic heterocycles. The fraction of sp³-hybridized carbons (Fsp3) is 0.250. The molecule has 0 aromatic heterocycles. The Balaban J connectivity index is 2.08. The third-order valence-corrected chi connectivity index (χ3v) is 4.91. The maximum absolute atomic E-state index is 14.0. The minimum atomic E-state index is -3.44. The molecule has 4 nitrogen and oxygen atoms in total. The number of halogens is 4. The van der Waals surface area contributed by atoms with Crippen molar-refractivity contribution >= 4 is 26.6 Å². The summed E-state index contributed by atoms with van der Waals surface area (Å²) in [6, 6.07) is 6.42. The van der Waals surface area contributed by atoms with Crippen LogP contribution in [0.2, 0.25) is 0 Å². The molecule has 0 unspecified atom stereocenters. The summed E-state index contributed by atoms with van der Waals surface area (Å²) in [5.74, 6) is -4.37. The second-order valence-corrected chi connectivity index (χ2v) is 7.55. The number of ether oxygens (including phenoxy) is 1. The molecule has 0 bridgehead atoms. The first-order valence-electron chi connectivity index (χ1n) is 7.13. The van der Waals surface area contributed by atoms with Gasteiger partial charge in [-0.2, -0.15) is 0 Å². The van der Waals surface area contributed by atoms with Gasteiger partial charge in [-0.15, -0.1) is 0 Å². The van der Waals surface area contributed by atoms with Gasteiger partial charge in [0.1, 0.15) is 34.1 Å². The highest BCUT2D eigenvalue weighted by atomic mass is 79.9. The van der Waals surface area contributed by atoms with Crippen LogP contribution in [0.25, 0.3) is 0 Å². The van der Waals surface area contributed by atoms with Crippen LogP contribution in [-0.2, 0) is 22.9 Å².